The Morgan fingerprint density at radius 3 is 1.18 bits per heavy atom. The van der Waals surface area contributed by atoms with Crippen LogP contribution >= 0.6 is 0 Å². The van der Waals surface area contributed by atoms with E-state index in [1.165, 1.54) is 0 Å². The molecule has 0 spiro atoms. The molecule has 254 valence electrons. The van der Waals surface area contributed by atoms with Gasteiger partial charge in [0, 0.05) is 62.3 Å². The second-order valence-corrected chi connectivity index (χ2v) is 9.36. The van der Waals surface area contributed by atoms with Gasteiger partial charge in [0.15, 0.2) is 30.5 Å². The molecule has 0 aliphatic rings. The van der Waals surface area contributed by atoms with Crippen molar-refractivity contribution in [3.8, 4) is 0 Å². The molecule has 45 heavy (non-hydrogen) atoms. The first-order valence-corrected chi connectivity index (χ1v) is 13.2. The lowest BCUT2D eigenvalue weighted by Crippen LogP contribution is -2.70. The Hall–Kier alpha value is -4.77. The summed E-state index contributed by atoms with van der Waals surface area (Å²) >= 11 is 0. The third-order valence-electron chi connectivity index (χ3n) is 5.22. The SMILES string of the molecule is CC(=O)OC[C@H](OC(C)=O)[C@H](OC(C)=O)[C@H](OC(C)=O)[C@@](COC(C)=O)(OC(C)=O)[C@H](OC(C)=O)[C@H](COC(C)=O)OC(C)=O. The summed E-state index contributed by atoms with van der Waals surface area (Å²) in [6.07, 6.45) is -10.3. The van der Waals surface area contributed by atoms with Crippen LogP contribution in [0.2, 0.25) is 0 Å². The fraction of sp³-hybridized carbons (Fsp3) is 0.667. The molecule has 0 bridgehead atoms. The molecule has 0 unspecified atom stereocenters. The molecule has 0 amide bonds. The van der Waals surface area contributed by atoms with Gasteiger partial charge in [-0.15, -0.1) is 0 Å². The molecule has 0 aromatic rings. The molecule has 0 fully saturated rings. The van der Waals surface area contributed by atoms with Gasteiger partial charge < -0.3 is 42.6 Å². The quantitative estimate of drug-likeness (QED) is 0.144. The molecule has 0 aromatic heterocycles. The van der Waals surface area contributed by atoms with Crippen molar-refractivity contribution >= 4 is 53.7 Å². The molecule has 0 aliphatic heterocycles. The lowest BCUT2D eigenvalue weighted by Gasteiger charge is -2.47. The lowest BCUT2D eigenvalue weighted by molar-refractivity contribution is -0.263. The lowest BCUT2D eigenvalue weighted by atomic mass is 9.82. The van der Waals surface area contributed by atoms with E-state index >= 15 is 0 Å². The smallest absolute Gasteiger partial charge is 0.303 e. The maximum atomic E-state index is 12.7. The van der Waals surface area contributed by atoms with Gasteiger partial charge in [0.05, 0.1) is 0 Å². The highest BCUT2D eigenvalue weighted by molar-refractivity contribution is 5.71. The molecule has 0 aliphatic carbocycles. The van der Waals surface area contributed by atoms with Gasteiger partial charge in [-0.2, -0.15) is 0 Å². The number of esters is 9. The molecule has 0 heterocycles. The van der Waals surface area contributed by atoms with Crippen LogP contribution in [-0.2, 0) is 85.8 Å². The summed E-state index contributed by atoms with van der Waals surface area (Å²) in [6, 6.07) is 0. The number of ether oxygens (including phenoxy) is 9. The molecule has 6 atom stereocenters. The van der Waals surface area contributed by atoms with Gasteiger partial charge in [0.2, 0.25) is 5.60 Å². The molecule has 0 saturated heterocycles. The maximum absolute atomic E-state index is 12.7. The number of hydrogen-bond donors (Lipinski definition) is 0. The number of rotatable bonds is 17. The zero-order valence-electron chi connectivity index (χ0n) is 26.4. The minimum atomic E-state index is -2.84. The normalized spacial score (nSPS) is 15.1. The van der Waals surface area contributed by atoms with E-state index in [2.05, 4.69) is 0 Å². The summed E-state index contributed by atoms with van der Waals surface area (Å²) in [7, 11) is 0. The van der Waals surface area contributed by atoms with Gasteiger partial charge in [-0.1, -0.05) is 0 Å². The predicted octanol–water partition coefficient (Wildman–Crippen LogP) is -0.364. The van der Waals surface area contributed by atoms with E-state index in [9.17, 15) is 43.2 Å². The molecule has 0 aromatic carbocycles. The largest absolute Gasteiger partial charge is 0.462 e. The summed E-state index contributed by atoms with van der Waals surface area (Å²) in [5.41, 5.74) is -2.84. The van der Waals surface area contributed by atoms with E-state index in [4.69, 9.17) is 42.6 Å². The third kappa shape index (κ3) is 15.0. The zero-order valence-corrected chi connectivity index (χ0v) is 26.4. The summed E-state index contributed by atoms with van der Waals surface area (Å²) in [6.45, 7) is 5.34. The molecule has 0 N–H and O–H groups in total. The Morgan fingerprint density at radius 2 is 0.800 bits per heavy atom. The fourth-order valence-corrected chi connectivity index (χ4v) is 3.98. The Kier molecular flexibility index (Phi) is 16.8. The molecule has 0 radical (unpaired) electrons. The van der Waals surface area contributed by atoms with E-state index in [1.807, 2.05) is 0 Å². The van der Waals surface area contributed by atoms with E-state index in [-0.39, 0.29) is 0 Å². The topological polar surface area (TPSA) is 237 Å². The number of hydrogen-bond acceptors (Lipinski definition) is 18. The molecular formula is C27H38O18. The number of carbonyl (C=O) groups is 9. The molecule has 0 saturated carbocycles. The first-order valence-electron chi connectivity index (χ1n) is 13.2. The summed E-state index contributed by atoms with van der Waals surface area (Å²) < 4.78 is 47.4. The van der Waals surface area contributed by atoms with Gasteiger partial charge in [0.25, 0.3) is 0 Å². The monoisotopic (exact) mass is 650 g/mol. The van der Waals surface area contributed by atoms with Crippen molar-refractivity contribution in [1.29, 1.82) is 0 Å². The zero-order chi connectivity index (χ0) is 35.1. The van der Waals surface area contributed by atoms with Crippen molar-refractivity contribution in [3.05, 3.63) is 0 Å². The minimum Gasteiger partial charge on any atom is -0.462 e. The van der Waals surface area contributed by atoms with Crippen molar-refractivity contribution in [2.75, 3.05) is 19.8 Å². The van der Waals surface area contributed by atoms with E-state index in [0.717, 1.165) is 62.3 Å². The average Bonchev–Trinajstić information content (AvgIpc) is 2.86. The first-order chi connectivity index (χ1) is 20.7. The standard InChI is InChI=1S/C27H38O18/c1-13(28)37-10-22(40-16(4)31)24(42-18(6)33)26(44-20(8)35)27(45-21(9)36,12-39-15(3)30)25(43-19(7)34)23(41-17(5)32)11-38-14(2)29/h22-26H,10-12H2,1-9H3/t22-,23-,24-,25+,26-,27-/m0/s1. The van der Waals surface area contributed by atoms with Crippen LogP contribution in [0.15, 0.2) is 0 Å². The van der Waals surface area contributed by atoms with Crippen LogP contribution in [0.4, 0.5) is 0 Å². The van der Waals surface area contributed by atoms with Crippen molar-refractivity contribution < 1.29 is 85.8 Å². The van der Waals surface area contributed by atoms with Crippen molar-refractivity contribution in [2.45, 2.75) is 98.4 Å². The van der Waals surface area contributed by atoms with Crippen molar-refractivity contribution in [1.82, 2.24) is 0 Å². The van der Waals surface area contributed by atoms with Crippen molar-refractivity contribution in [2.24, 2.45) is 0 Å². The average molecular weight is 651 g/mol. The highest BCUT2D eigenvalue weighted by Gasteiger charge is 2.63. The maximum Gasteiger partial charge on any atom is 0.303 e. The van der Waals surface area contributed by atoms with Gasteiger partial charge >= 0.3 is 53.7 Å². The Bertz CT molecular complexity index is 1130. The molecule has 18 heteroatoms. The molecule has 18 nitrogen and oxygen atoms in total. The van der Waals surface area contributed by atoms with Crippen LogP contribution in [0.1, 0.15) is 62.3 Å². The van der Waals surface area contributed by atoms with Gasteiger partial charge in [-0.05, 0) is 0 Å². The predicted molar refractivity (Wildman–Crippen MR) is 142 cm³/mol. The van der Waals surface area contributed by atoms with Gasteiger partial charge in [-0.25, -0.2) is 0 Å². The van der Waals surface area contributed by atoms with Crippen LogP contribution in [0.3, 0.4) is 0 Å². The molecule has 0 rings (SSSR count). The van der Waals surface area contributed by atoms with Crippen LogP contribution < -0.4 is 0 Å². The first kappa shape index (κ1) is 40.2. The van der Waals surface area contributed by atoms with Crippen LogP contribution in [0.5, 0.6) is 0 Å². The Balaban J connectivity index is 8.13. The summed E-state index contributed by atoms with van der Waals surface area (Å²) in [4.78, 5) is 110. The second kappa shape index (κ2) is 18.8. The fourth-order valence-electron chi connectivity index (χ4n) is 3.98. The summed E-state index contributed by atoms with van der Waals surface area (Å²) in [5.74, 6) is -9.51. The van der Waals surface area contributed by atoms with E-state index in [0.29, 0.717) is 0 Å². The highest BCUT2D eigenvalue weighted by atomic mass is 16.7. The van der Waals surface area contributed by atoms with Crippen LogP contribution in [-0.4, -0.2) is 110 Å². The van der Waals surface area contributed by atoms with Gasteiger partial charge in [-0.3, -0.25) is 43.2 Å². The third-order valence-corrected chi connectivity index (χ3v) is 5.22. The minimum absolute atomic E-state index is 0.840. The van der Waals surface area contributed by atoms with Crippen LogP contribution in [0.25, 0.3) is 0 Å². The van der Waals surface area contributed by atoms with Crippen molar-refractivity contribution in [3.63, 3.8) is 0 Å². The van der Waals surface area contributed by atoms with Gasteiger partial charge in [0.1, 0.15) is 19.8 Å². The highest BCUT2D eigenvalue weighted by Crippen LogP contribution is 2.36. The second-order valence-electron chi connectivity index (χ2n) is 9.36. The molecular weight excluding hydrogens is 612 g/mol. The Labute approximate surface area is 258 Å². The summed E-state index contributed by atoms with van der Waals surface area (Å²) in [5, 5.41) is 0. The van der Waals surface area contributed by atoms with E-state index in [1.54, 1.807) is 0 Å². The van der Waals surface area contributed by atoms with E-state index < -0.39 is 110 Å². The Morgan fingerprint density at radius 1 is 0.422 bits per heavy atom. The van der Waals surface area contributed by atoms with Crippen LogP contribution in [0, 0.1) is 0 Å². The number of carbonyl (C=O) groups excluding carboxylic acids is 9.